The van der Waals surface area contributed by atoms with Gasteiger partial charge in [-0.2, -0.15) is 0 Å². The van der Waals surface area contributed by atoms with Gasteiger partial charge >= 0.3 is 6.03 Å². The van der Waals surface area contributed by atoms with Crippen LogP contribution in [-0.2, 0) is 6.54 Å². The van der Waals surface area contributed by atoms with E-state index in [1.807, 2.05) is 60.4 Å². The number of anilines is 2. The lowest BCUT2D eigenvalue weighted by Crippen LogP contribution is -2.47. The molecule has 1 aliphatic rings. The molecule has 0 spiro atoms. The number of nitrogens with zero attached hydrogens (tertiary/aromatic N) is 3. The fraction of sp³-hybridized carbons (Fsp3) is 0.318. The van der Waals surface area contributed by atoms with Crippen LogP contribution in [0.3, 0.4) is 0 Å². The number of hydrogen-bond acceptors (Lipinski definition) is 4. The molecule has 0 atom stereocenters. The Balaban J connectivity index is 1.42. The highest BCUT2D eigenvalue weighted by atomic mass is 79.9. The molecule has 2 heterocycles. The molecule has 7 nitrogen and oxygen atoms in total. The van der Waals surface area contributed by atoms with Crippen LogP contribution in [0.15, 0.2) is 57.8 Å². The number of carbonyl (C=O) groups is 1. The zero-order valence-electron chi connectivity index (χ0n) is 16.8. The fourth-order valence-electron chi connectivity index (χ4n) is 3.84. The van der Waals surface area contributed by atoms with Gasteiger partial charge < -0.3 is 20.1 Å². The minimum atomic E-state index is -0.225. The first-order valence-corrected chi connectivity index (χ1v) is 10.9. The highest BCUT2D eigenvalue weighted by Gasteiger charge is 2.24. The van der Waals surface area contributed by atoms with Gasteiger partial charge in [0, 0.05) is 30.1 Å². The minimum Gasteiger partial charge on any atom is -0.352 e. The molecule has 156 valence electrons. The van der Waals surface area contributed by atoms with Gasteiger partial charge in [-0.25, -0.2) is 9.78 Å². The van der Waals surface area contributed by atoms with Gasteiger partial charge in [0.05, 0.1) is 16.7 Å². The normalized spacial score (nSPS) is 14.7. The molecule has 0 bridgehead atoms. The van der Waals surface area contributed by atoms with Crippen molar-refractivity contribution in [2.75, 3.05) is 23.3 Å². The van der Waals surface area contributed by atoms with Crippen molar-refractivity contribution < 1.29 is 4.79 Å². The van der Waals surface area contributed by atoms with E-state index in [1.165, 1.54) is 0 Å². The number of halogens is 1. The van der Waals surface area contributed by atoms with Gasteiger partial charge in [0.1, 0.15) is 0 Å². The lowest BCUT2D eigenvalue weighted by atomic mass is 10.1. The van der Waals surface area contributed by atoms with Crippen molar-refractivity contribution in [3.8, 4) is 0 Å². The van der Waals surface area contributed by atoms with Gasteiger partial charge in [-0.1, -0.05) is 24.3 Å². The monoisotopic (exact) mass is 469 g/mol. The molecular weight excluding hydrogens is 446 g/mol. The van der Waals surface area contributed by atoms with Crippen LogP contribution in [0, 0.1) is 0 Å². The quantitative estimate of drug-likeness (QED) is 0.605. The number of aryl methyl sites for hydroxylation is 1. The number of benzene rings is 2. The Kier molecular flexibility index (Phi) is 6.03. The number of carbonyl (C=O) groups excluding carboxylic acids is 1. The van der Waals surface area contributed by atoms with E-state index < -0.39 is 0 Å². The molecule has 0 unspecified atom stereocenters. The largest absolute Gasteiger partial charge is 0.352 e. The molecule has 0 aliphatic carbocycles. The molecule has 2 N–H and O–H groups in total. The van der Waals surface area contributed by atoms with Crippen molar-refractivity contribution in [3.63, 3.8) is 0 Å². The number of nitrogens with one attached hydrogen (secondary N) is 2. The first kappa shape index (κ1) is 20.4. The summed E-state index contributed by atoms with van der Waals surface area (Å²) in [6.45, 7) is 3.91. The van der Waals surface area contributed by atoms with Crippen LogP contribution in [0.5, 0.6) is 0 Å². The molecule has 1 fully saturated rings. The van der Waals surface area contributed by atoms with Crippen molar-refractivity contribution in [1.29, 1.82) is 0 Å². The second kappa shape index (κ2) is 8.87. The lowest BCUT2D eigenvalue weighted by Gasteiger charge is -2.33. The predicted octanol–water partition coefficient (Wildman–Crippen LogP) is 3.97. The number of hydrogen-bond donors (Lipinski definition) is 2. The third-order valence-electron chi connectivity index (χ3n) is 5.40. The number of fused-ring (bicyclic) bond motifs is 1. The fourth-order valence-corrected chi connectivity index (χ4v) is 4.22. The Morgan fingerprint density at radius 1 is 1.13 bits per heavy atom. The smallest absolute Gasteiger partial charge is 0.319 e. The summed E-state index contributed by atoms with van der Waals surface area (Å²) in [4.78, 5) is 32.0. The average molecular weight is 470 g/mol. The first-order chi connectivity index (χ1) is 14.6. The second-order valence-electron chi connectivity index (χ2n) is 7.31. The van der Waals surface area contributed by atoms with Gasteiger partial charge in [0.15, 0.2) is 5.82 Å². The van der Waals surface area contributed by atoms with Crippen LogP contribution in [0.1, 0.15) is 19.8 Å². The van der Waals surface area contributed by atoms with E-state index in [-0.39, 0.29) is 17.6 Å². The Morgan fingerprint density at radius 3 is 2.57 bits per heavy atom. The first-order valence-electron chi connectivity index (χ1n) is 10.1. The maximum atomic E-state index is 13.0. The van der Waals surface area contributed by atoms with E-state index in [1.54, 1.807) is 4.57 Å². The van der Waals surface area contributed by atoms with E-state index >= 15 is 0 Å². The summed E-state index contributed by atoms with van der Waals surface area (Å²) in [6.07, 6.45) is 1.51. The van der Waals surface area contributed by atoms with Crippen molar-refractivity contribution in [1.82, 2.24) is 14.9 Å². The predicted molar refractivity (Wildman–Crippen MR) is 123 cm³/mol. The topological polar surface area (TPSA) is 79.3 Å². The summed E-state index contributed by atoms with van der Waals surface area (Å²) < 4.78 is 2.61. The SMILES string of the molecule is CCn1c(=O)c(N2CCC(NC(=O)Nc3ccccc3Br)CC2)nc2ccccc21. The average Bonchev–Trinajstić information content (AvgIpc) is 2.75. The van der Waals surface area contributed by atoms with Gasteiger partial charge in [0.25, 0.3) is 5.56 Å². The molecule has 4 rings (SSSR count). The van der Waals surface area contributed by atoms with E-state index in [2.05, 4.69) is 31.5 Å². The van der Waals surface area contributed by atoms with E-state index in [4.69, 9.17) is 0 Å². The van der Waals surface area contributed by atoms with E-state index in [0.29, 0.717) is 25.5 Å². The molecule has 1 saturated heterocycles. The van der Waals surface area contributed by atoms with Gasteiger partial charge in [0.2, 0.25) is 0 Å². The van der Waals surface area contributed by atoms with Gasteiger partial charge in [-0.05, 0) is 60.0 Å². The van der Waals surface area contributed by atoms with Crippen LogP contribution >= 0.6 is 15.9 Å². The summed E-state index contributed by atoms with van der Waals surface area (Å²) in [6, 6.07) is 15.0. The number of urea groups is 1. The Bertz CT molecular complexity index is 1120. The third-order valence-corrected chi connectivity index (χ3v) is 6.09. The van der Waals surface area contributed by atoms with E-state index in [0.717, 1.165) is 34.0 Å². The zero-order chi connectivity index (χ0) is 21.1. The van der Waals surface area contributed by atoms with Crippen LogP contribution in [0.2, 0.25) is 0 Å². The molecular formula is C22H24BrN5O2. The van der Waals surface area contributed by atoms with Gasteiger partial charge in [-0.3, -0.25) is 4.79 Å². The molecule has 1 aromatic heterocycles. The van der Waals surface area contributed by atoms with Crippen molar-refractivity contribution in [2.45, 2.75) is 32.4 Å². The lowest BCUT2D eigenvalue weighted by molar-refractivity contribution is 0.246. The standard InChI is InChI=1S/C22H24BrN5O2/c1-2-28-19-10-6-5-9-18(19)25-20(21(28)29)27-13-11-15(12-14-27)24-22(30)26-17-8-4-3-7-16(17)23/h3-10,15H,2,11-14H2,1H3,(H2,24,26,30). The zero-order valence-corrected chi connectivity index (χ0v) is 18.4. The minimum absolute atomic E-state index is 0.0533. The molecule has 2 aromatic carbocycles. The Hall–Kier alpha value is -2.87. The summed E-state index contributed by atoms with van der Waals surface area (Å²) in [5.74, 6) is 0.492. The van der Waals surface area contributed by atoms with Crippen LogP contribution in [0.25, 0.3) is 11.0 Å². The van der Waals surface area contributed by atoms with Crippen molar-refractivity contribution in [3.05, 3.63) is 63.4 Å². The number of para-hydroxylation sites is 3. The third kappa shape index (κ3) is 4.18. The number of amides is 2. The van der Waals surface area contributed by atoms with E-state index in [9.17, 15) is 9.59 Å². The Morgan fingerprint density at radius 2 is 1.83 bits per heavy atom. The second-order valence-corrected chi connectivity index (χ2v) is 8.17. The van der Waals surface area contributed by atoms with Crippen LogP contribution in [0.4, 0.5) is 16.3 Å². The summed E-state index contributed by atoms with van der Waals surface area (Å²) in [7, 11) is 0. The number of rotatable bonds is 4. The van der Waals surface area contributed by atoms with Crippen LogP contribution < -0.4 is 21.1 Å². The summed E-state index contributed by atoms with van der Waals surface area (Å²) in [5, 5.41) is 5.90. The van der Waals surface area contributed by atoms with Crippen LogP contribution in [-0.4, -0.2) is 34.7 Å². The highest BCUT2D eigenvalue weighted by molar-refractivity contribution is 9.10. The Labute approximate surface area is 183 Å². The molecule has 0 radical (unpaired) electrons. The molecule has 8 heteroatoms. The van der Waals surface area contributed by atoms with Crippen molar-refractivity contribution >= 4 is 44.5 Å². The molecule has 1 aliphatic heterocycles. The van der Waals surface area contributed by atoms with Crippen molar-refractivity contribution in [2.24, 2.45) is 0 Å². The molecule has 30 heavy (non-hydrogen) atoms. The summed E-state index contributed by atoms with van der Waals surface area (Å²) in [5.41, 5.74) is 2.35. The van der Waals surface area contributed by atoms with Gasteiger partial charge in [-0.15, -0.1) is 0 Å². The molecule has 0 saturated carbocycles. The maximum absolute atomic E-state index is 13.0. The molecule has 2 amide bonds. The molecule has 3 aromatic rings. The maximum Gasteiger partial charge on any atom is 0.319 e. The highest BCUT2D eigenvalue weighted by Crippen LogP contribution is 2.22. The number of piperidine rings is 1. The number of aromatic nitrogens is 2. The summed E-state index contributed by atoms with van der Waals surface area (Å²) >= 11 is 3.43.